The molecule has 1 heterocycles. The molecule has 0 aliphatic heterocycles. The maximum absolute atomic E-state index is 11.7. The van der Waals surface area contributed by atoms with E-state index in [0.717, 1.165) is 37.6 Å². The lowest BCUT2D eigenvalue weighted by Gasteiger charge is -2.25. The maximum Gasteiger partial charge on any atom is 0.251 e. The largest absolute Gasteiger partial charge is 0.316 e. The Bertz CT molecular complexity index is 462. The Labute approximate surface area is 109 Å². The molecule has 1 aromatic rings. The van der Waals surface area contributed by atoms with E-state index in [1.165, 1.54) is 0 Å². The molecule has 4 heteroatoms. The molecule has 0 radical (unpaired) electrons. The van der Waals surface area contributed by atoms with Gasteiger partial charge in [0.05, 0.1) is 0 Å². The van der Waals surface area contributed by atoms with E-state index in [1.54, 1.807) is 23.7 Å². The molecule has 0 fully saturated rings. The number of aromatic nitrogens is 1. The van der Waals surface area contributed by atoms with Gasteiger partial charge in [0, 0.05) is 26.2 Å². The highest BCUT2D eigenvalue weighted by atomic mass is 16.1. The average molecular weight is 249 g/mol. The van der Waals surface area contributed by atoms with Crippen LogP contribution in [-0.4, -0.2) is 23.5 Å². The Morgan fingerprint density at radius 2 is 2.06 bits per heavy atom. The average Bonchev–Trinajstić information content (AvgIpc) is 2.37. The van der Waals surface area contributed by atoms with Gasteiger partial charge >= 0.3 is 0 Å². The second-order valence-electron chi connectivity index (χ2n) is 4.36. The summed E-state index contributed by atoms with van der Waals surface area (Å²) in [7, 11) is 1.80. The van der Waals surface area contributed by atoms with Crippen molar-refractivity contribution in [2.24, 2.45) is 12.0 Å². The lowest BCUT2D eigenvalue weighted by atomic mass is 10.3. The van der Waals surface area contributed by atoms with Crippen molar-refractivity contribution in [1.82, 2.24) is 4.57 Å². The molecule has 1 aromatic heterocycles. The number of hydrogen-bond acceptors (Lipinski definition) is 2. The van der Waals surface area contributed by atoms with E-state index < -0.39 is 0 Å². The molecule has 18 heavy (non-hydrogen) atoms. The van der Waals surface area contributed by atoms with Crippen LogP contribution < -0.4 is 10.5 Å². The molecule has 0 bridgehead atoms. The van der Waals surface area contributed by atoms with Gasteiger partial charge in [-0.05, 0) is 25.8 Å². The topological polar surface area (TPSA) is 37.6 Å². The first-order valence-corrected chi connectivity index (χ1v) is 6.56. The summed E-state index contributed by atoms with van der Waals surface area (Å²) in [5.74, 6) is 1.88. The molecule has 100 valence electrons. The molecule has 0 aliphatic rings. The van der Waals surface area contributed by atoms with Crippen LogP contribution in [0.25, 0.3) is 0 Å². The van der Waals surface area contributed by atoms with Gasteiger partial charge < -0.3 is 4.90 Å². The van der Waals surface area contributed by atoms with Crippen LogP contribution in [-0.2, 0) is 7.05 Å². The van der Waals surface area contributed by atoms with Crippen molar-refractivity contribution >= 4 is 11.7 Å². The van der Waals surface area contributed by atoms with Crippen molar-refractivity contribution in [1.29, 1.82) is 0 Å². The fraction of sp³-hybridized carbons (Fsp3) is 0.571. The third kappa shape index (κ3) is 3.45. The number of amidine groups is 1. The number of aliphatic imine (C=N–C) groups is 1. The molecule has 0 amide bonds. The van der Waals surface area contributed by atoms with Crippen molar-refractivity contribution in [3.05, 3.63) is 28.6 Å². The van der Waals surface area contributed by atoms with Gasteiger partial charge in [-0.2, -0.15) is 0 Å². The molecule has 0 aliphatic carbocycles. The molecular weight excluding hydrogens is 226 g/mol. The molecule has 1 rings (SSSR count). The third-order valence-corrected chi connectivity index (χ3v) is 2.84. The van der Waals surface area contributed by atoms with Gasteiger partial charge in [-0.3, -0.25) is 14.4 Å². The van der Waals surface area contributed by atoms with Crippen LogP contribution >= 0.6 is 0 Å². The smallest absolute Gasteiger partial charge is 0.251 e. The second-order valence-corrected chi connectivity index (χ2v) is 4.36. The molecule has 0 N–H and O–H groups in total. The molecule has 0 saturated heterocycles. The number of nitrogens with zero attached hydrogens (tertiary/aromatic N) is 3. The minimum Gasteiger partial charge on any atom is -0.316 e. The zero-order valence-electron chi connectivity index (χ0n) is 11.8. The predicted octanol–water partition coefficient (Wildman–Crippen LogP) is 2.43. The van der Waals surface area contributed by atoms with Crippen LogP contribution in [0.5, 0.6) is 0 Å². The van der Waals surface area contributed by atoms with E-state index >= 15 is 0 Å². The van der Waals surface area contributed by atoms with Gasteiger partial charge in [-0.15, -0.1) is 0 Å². The van der Waals surface area contributed by atoms with Crippen molar-refractivity contribution < 1.29 is 0 Å². The van der Waals surface area contributed by atoms with Crippen LogP contribution in [0.15, 0.2) is 28.0 Å². The molecule has 0 spiro atoms. The number of pyridine rings is 1. The summed E-state index contributed by atoms with van der Waals surface area (Å²) in [5, 5.41) is 0. The normalized spacial score (nSPS) is 11.7. The minimum atomic E-state index is 0.0110. The van der Waals surface area contributed by atoms with Gasteiger partial charge in [0.2, 0.25) is 0 Å². The molecular formula is C14H23N3O. The van der Waals surface area contributed by atoms with Crippen molar-refractivity contribution in [3.63, 3.8) is 0 Å². The first-order chi connectivity index (χ1) is 8.61. The summed E-state index contributed by atoms with van der Waals surface area (Å²) in [6.45, 7) is 7.94. The molecule has 0 saturated carbocycles. The first kappa shape index (κ1) is 14.5. The Balaban J connectivity index is 3.11. The van der Waals surface area contributed by atoms with E-state index in [4.69, 9.17) is 0 Å². The Morgan fingerprint density at radius 1 is 1.33 bits per heavy atom. The zero-order chi connectivity index (χ0) is 13.5. The summed E-state index contributed by atoms with van der Waals surface area (Å²) < 4.78 is 1.67. The molecule has 4 nitrogen and oxygen atoms in total. The summed E-state index contributed by atoms with van der Waals surface area (Å²) >= 11 is 0. The molecule has 0 atom stereocenters. The van der Waals surface area contributed by atoms with Gasteiger partial charge in [0.25, 0.3) is 5.56 Å². The van der Waals surface area contributed by atoms with Crippen molar-refractivity contribution in [2.75, 3.05) is 18.0 Å². The van der Waals surface area contributed by atoms with Crippen molar-refractivity contribution in [2.45, 2.75) is 33.6 Å². The summed E-state index contributed by atoms with van der Waals surface area (Å²) in [6.07, 6.45) is 2.05. The van der Waals surface area contributed by atoms with E-state index in [0.29, 0.717) is 0 Å². The van der Waals surface area contributed by atoms with Gasteiger partial charge in [0.1, 0.15) is 11.7 Å². The monoisotopic (exact) mass is 249 g/mol. The SMILES string of the molecule is CCCN=C(C)N(CCC)c1cccc(=O)n1C. The van der Waals surface area contributed by atoms with Gasteiger partial charge in [0.15, 0.2) is 0 Å². The van der Waals surface area contributed by atoms with Crippen LogP contribution in [0, 0.1) is 0 Å². The van der Waals surface area contributed by atoms with E-state index in [-0.39, 0.29) is 5.56 Å². The van der Waals surface area contributed by atoms with Crippen LogP contribution in [0.3, 0.4) is 0 Å². The van der Waals surface area contributed by atoms with Crippen LogP contribution in [0.2, 0.25) is 0 Å². The minimum absolute atomic E-state index is 0.0110. The van der Waals surface area contributed by atoms with Crippen LogP contribution in [0.4, 0.5) is 5.82 Å². The number of hydrogen-bond donors (Lipinski definition) is 0. The van der Waals surface area contributed by atoms with Gasteiger partial charge in [-0.1, -0.05) is 19.9 Å². The Kier molecular flexibility index (Phi) is 5.62. The van der Waals surface area contributed by atoms with Crippen molar-refractivity contribution in [3.8, 4) is 0 Å². The lowest BCUT2D eigenvalue weighted by Crippen LogP contribution is -2.34. The second kappa shape index (κ2) is 6.99. The van der Waals surface area contributed by atoms with E-state index in [9.17, 15) is 4.79 Å². The maximum atomic E-state index is 11.7. The Hall–Kier alpha value is -1.58. The summed E-state index contributed by atoms with van der Waals surface area (Å²) in [4.78, 5) is 18.3. The first-order valence-electron chi connectivity index (χ1n) is 6.56. The number of rotatable bonds is 5. The molecule has 0 unspecified atom stereocenters. The quantitative estimate of drug-likeness (QED) is 0.593. The zero-order valence-corrected chi connectivity index (χ0v) is 11.8. The highest BCUT2D eigenvalue weighted by Crippen LogP contribution is 2.12. The lowest BCUT2D eigenvalue weighted by molar-refractivity contribution is 0.796. The predicted molar refractivity (Wildman–Crippen MR) is 77.6 cm³/mol. The van der Waals surface area contributed by atoms with Crippen LogP contribution in [0.1, 0.15) is 33.6 Å². The van der Waals surface area contributed by atoms with E-state index in [2.05, 4.69) is 23.7 Å². The standard InChI is InChI=1S/C14H23N3O/c1-5-10-15-12(3)17(11-6-2)13-8-7-9-14(18)16(13)4/h7-9H,5-6,10-11H2,1-4H3. The highest BCUT2D eigenvalue weighted by molar-refractivity contribution is 5.95. The fourth-order valence-corrected chi connectivity index (χ4v) is 1.85. The third-order valence-electron chi connectivity index (χ3n) is 2.84. The molecule has 0 aromatic carbocycles. The summed E-state index contributed by atoms with van der Waals surface area (Å²) in [6, 6.07) is 5.33. The van der Waals surface area contributed by atoms with E-state index in [1.807, 2.05) is 13.0 Å². The fourth-order valence-electron chi connectivity index (χ4n) is 1.85. The van der Waals surface area contributed by atoms with Gasteiger partial charge in [-0.25, -0.2) is 0 Å². The number of anilines is 1. The Morgan fingerprint density at radius 3 is 2.67 bits per heavy atom. The summed E-state index contributed by atoms with van der Waals surface area (Å²) in [5.41, 5.74) is 0.0110. The highest BCUT2D eigenvalue weighted by Gasteiger charge is 2.11.